The fraction of sp³-hybridized carbons (Fsp3) is 0.750. The molecule has 15 heavy (non-hydrogen) atoms. The normalized spacial score (nSPS) is 26.2. The number of hydrogen-bond acceptors (Lipinski definition) is 2. The Balaban J connectivity index is 2.20. The number of nitrogens with one attached hydrogen (secondary N) is 1. The maximum absolute atomic E-state index is 10.7. The van der Waals surface area contributed by atoms with Crippen LogP contribution in [0.25, 0.3) is 0 Å². The molecule has 0 spiro atoms. The minimum absolute atomic E-state index is 0.113. The second kappa shape index (κ2) is 5.91. The Morgan fingerprint density at radius 2 is 2.00 bits per heavy atom. The number of hydrogen-bond donors (Lipinski definition) is 2. The molecule has 1 rings (SSSR count). The van der Waals surface area contributed by atoms with Gasteiger partial charge in [-0.2, -0.15) is 0 Å². The van der Waals surface area contributed by atoms with Crippen LogP contribution < -0.4 is 5.32 Å². The molecule has 0 aromatic carbocycles. The van der Waals surface area contributed by atoms with E-state index in [-0.39, 0.29) is 5.92 Å². The van der Waals surface area contributed by atoms with Crippen LogP contribution in [0.5, 0.6) is 0 Å². The molecule has 1 aliphatic carbocycles. The van der Waals surface area contributed by atoms with Gasteiger partial charge in [-0.05, 0) is 32.1 Å². The van der Waals surface area contributed by atoms with Crippen molar-refractivity contribution >= 4 is 5.97 Å². The van der Waals surface area contributed by atoms with E-state index in [2.05, 4.69) is 18.8 Å². The van der Waals surface area contributed by atoms with Gasteiger partial charge in [-0.1, -0.05) is 19.1 Å². The molecule has 0 atom stereocenters. The highest BCUT2D eigenvalue weighted by molar-refractivity contribution is 5.70. The molecule has 3 heteroatoms. The number of carbonyl (C=O) groups is 1. The molecule has 0 saturated heterocycles. The zero-order valence-corrected chi connectivity index (χ0v) is 9.46. The molecular weight excluding hydrogens is 190 g/mol. The van der Waals surface area contributed by atoms with Gasteiger partial charge < -0.3 is 10.4 Å². The average Bonchev–Trinajstić information content (AvgIpc) is 2.26. The van der Waals surface area contributed by atoms with E-state index in [1.54, 1.807) is 0 Å². The first-order valence-electron chi connectivity index (χ1n) is 5.76. The largest absolute Gasteiger partial charge is 0.481 e. The fourth-order valence-corrected chi connectivity index (χ4v) is 1.96. The minimum atomic E-state index is -0.633. The SMILES string of the molecule is C=C(CC)CNC1CCC(C(=O)O)CC1. The molecule has 2 N–H and O–H groups in total. The Morgan fingerprint density at radius 3 is 2.47 bits per heavy atom. The lowest BCUT2D eigenvalue weighted by molar-refractivity contribution is -0.142. The van der Waals surface area contributed by atoms with Crippen LogP contribution in [0.1, 0.15) is 39.0 Å². The minimum Gasteiger partial charge on any atom is -0.481 e. The van der Waals surface area contributed by atoms with E-state index >= 15 is 0 Å². The van der Waals surface area contributed by atoms with Gasteiger partial charge in [0.15, 0.2) is 0 Å². The van der Waals surface area contributed by atoms with Gasteiger partial charge in [0.1, 0.15) is 0 Å². The van der Waals surface area contributed by atoms with E-state index in [0.29, 0.717) is 6.04 Å². The molecule has 0 aromatic heterocycles. The second-order valence-electron chi connectivity index (χ2n) is 4.37. The standard InChI is InChI=1S/C12H21NO2/c1-3-9(2)8-13-11-6-4-10(5-7-11)12(14)15/h10-11,13H,2-8H2,1H3,(H,14,15). The highest BCUT2D eigenvalue weighted by atomic mass is 16.4. The summed E-state index contributed by atoms with van der Waals surface area (Å²) in [6.45, 7) is 6.92. The van der Waals surface area contributed by atoms with Crippen molar-refractivity contribution in [3.05, 3.63) is 12.2 Å². The molecule has 1 saturated carbocycles. The summed E-state index contributed by atoms with van der Waals surface area (Å²) in [5, 5.41) is 12.3. The van der Waals surface area contributed by atoms with Gasteiger partial charge in [-0.15, -0.1) is 0 Å². The lowest BCUT2D eigenvalue weighted by Gasteiger charge is -2.27. The zero-order chi connectivity index (χ0) is 11.3. The van der Waals surface area contributed by atoms with Crippen LogP contribution in [0.2, 0.25) is 0 Å². The number of rotatable bonds is 5. The number of carboxylic acids is 1. The van der Waals surface area contributed by atoms with Gasteiger partial charge in [0.05, 0.1) is 5.92 Å². The van der Waals surface area contributed by atoms with Crippen molar-refractivity contribution in [3.63, 3.8) is 0 Å². The van der Waals surface area contributed by atoms with Gasteiger partial charge in [0.25, 0.3) is 0 Å². The van der Waals surface area contributed by atoms with E-state index in [0.717, 1.165) is 38.6 Å². The van der Waals surface area contributed by atoms with Gasteiger partial charge in [0, 0.05) is 12.6 Å². The van der Waals surface area contributed by atoms with Gasteiger partial charge >= 0.3 is 5.97 Å². The maximum atomic E-state index is 10.7. The highest BCUT2D eigenvalue weighted by Gasteiger charge is 2.25. The topological polar surface area (TPSA) is 49.3 Å². The van der Waals surface area contributed by atoms with Crippen molar-refractivity contribution in [3.8, 4) is 0 Å². The van der Waals surface area contributed by atoms with Crippen LogP contribution in [-0.4, -0.2) is 23.7 Å². The zero-order valence-electron chi connectivity index (χ0n) is 9.46. The smallest absolute Gasteiger partial charge is 0.306 e. The van der Waals surface area contributed by atoms with Crippen molar-refractivity contribution in [2.75, 3.05) is 6.54 Å². The summed E-state index contributed by atoms with van der Waals surface area (Å²) < 4.78 is 0. The Kier molecular flexibility index (Phi) is 4.82. The van der Waals surface area contributed by atoms with Crippen LogP contribution >= 0.6 is 0 Å². The van der Waals surface area contributed by atoms with Crippen molar-refractivity contribution in [2.45, 2.75) is 45.1 Å². The second-order valence-corrected chi connectivity index (χ2v) is 4.37. The first-order valence-corrected chi connectivity index (χ1v) is 5.76. The molecule has 3 nitrogen and oxygen atoms in total. The summed E-state index contributed by atoms with van der Waals surface area (Å²) in [6.07, 6.45) is 4.59. The average molecular weight is 211 g/mol. The molecule has 1 aliphatic rings. The van der Waals surface area contributed by atoms with Gasteiger partial charge in [-0.25, -0.2) is 0 Å². The quantitative estimate of drug-likeness (QED) is 0.685. The first kappa shape index (κ1) is 12.2. The third-order valence-electron chi connectivity index (χ3n) is 3.22. The van der Waals surface area contributed by atoms with Crippen molar-refractivity contribution < 1.29 is 9.90 Å². The van der Waals surface area contributed by atoms with Crippen molar-refractivity contribution in [1.82, 2.24) is 5.32 Å². The molecular formula is C12H21NO2. The van der Waals surface area contributed by atoms with E-state index in [1.807, 2.05) is 0 Å². The monoisotopic (exact) mass is 211 g/mol. The molecule has 0 bridgehead atoms. The first-order chi connectivity index (χ1) is 7.13. The van der Waals surface area contributed by atoms with Gasteiger partial charge in [0.2, 0.25) is 0 Å². The Hall–Kier alpha value is -0.830. The molecule has 0 radical (unpaired) electrons. The van der Waals surface area contributed by atoms with Crippen LogP contribution in [0, 0.1) is 5.92 Å². The van der Waals surface area contributed by atoms with Gasteiger partial charge in [-0.3, -0.25) is 4.79 Å². The molecule has 0 aliphatic heterocycles. The highest BCUT2D eigenvalue weighted by Crippen LogP contribution is 2.24. The van der Waals surface area contributed by atoms with Crippen LogP contribution in [0.15, 0.2) is 12.2 Å². The van der Waals surface area contributed by atoms with Crippen LogP contribution in [-0.2, 0) is 4.79 Å². The van der Waals surface area contributed by atoms with E-state index < -0.39 is 5.97 Å². The summed E-state index contributed by atoms with van der Waals surface area (Å²) in [4.78, 5) is 10.7. The van der Waals surface area contributed by atoms with Crippen LogP contribution in [0.3, 0.4) is 0 Å². The molecule has 0 aromatic rings. The fourth-order valence-electron chi connectivity index (χ4n) is 1.96. The summed E-state index contributed by atoms with van der Waals surface area (Å²) in [5.74, 6) is -0.746. The molecule has 1 fully saturated rings. The Bertz CT molecular complexity index is 230. The summed E-state index contributed by atoms with van der Waals surface area (Å²) in [6, 6.07) is 0.490. The predicted molar refractivity (Wildman–Crippen MR) is 60.8 cm³/mol. The van der Waals surface area contributed by atoms with E-state index in [9.17, 15) is 4.79 Å². The number of carboxylic acid groups (broad SMARTS) is 1. The van der Waals surface area contributed by atoms with E-state index in [1.165, 1.54) is 5.57 Å². The van der Waals surface area contributed by atoms with E-state index in [4.69, 9.17) is 5.11 Å². The summed E-state index contributed by atoms with van der Waals surface area (Å²) >= 11 is 0. The Labute approximate surface area is 91.6 Å². The lowest BCUT2D eigenvalue weighted by Crippen LogP contribution is -2.35. The maximum Gasteiger partial charge on any atom is 0.306 e. The Morgan fingerprint density at radius 1 is 1.40 bits per heavy atom. The third kappa shape index (κ3) is 4.04. The lowest BCUT2D eigenvalue weighted by atomic mass is 9.86. The van der Waals surface area contributed by atoms with Crippen molar-refractivity contribution in [1.29, 1.82) is 0 Å². The third-order valence-corrected chi connectivity index (χ3v) is 3.22. The molecule has 0 heterocycles. The summed E-state index contributed by atoms with van der Waals surface area (Å²) in [7, 11) is 0. The molecule has 0 amide bonds. The predicted octanol–water partition coefficient (Wildman–Crippen LogP) is 2.19. The molecule has 0 unspecified atom stereocenters. The molecule has 86 valence electrons. The number of aliphatic carboxylic acids is 1. The summed E-state index contributed by atoms with van der Waals surface area (Å²) in [5.41, 5.74) is 1.22. The van der Waals surface area contributed by atoms with Crippen LogP contribution in [0.4, 0.5) is 0 Å². The van der Waals surface area contributed by atoms with Crippen molar-refractivity contribution in [2.24, 2.45) is 5.92 Å².